The topological polar surface area (TPSA) is 58.6 Å². The first kappa shape index (κ1) is 18.8. The van der Waals surface area contributed by atoms with Crippen LogP contribution in [0.2, 0.25) is 0 Å². The molecule has 25 heavy (non-hydrogen) atoms. The average molecular weight is 353 g/mol. The number of aliphatic hydroxyl groups excluding tert-OH is 1. The molecule has 0 aromatic heterocycles. The Hall–Kier alpha value is -2.54. The lowest BCUT2D eigenvalue weighted by Gasteiger charge is -2.15. The van der Waals surface area contributed by atoms with Gasteiger partial charge in [-0.05, 0) is 52.4 Å². The molecule has 2 aromatic carbocycles. The summed E-state index contributed by atoms with van der Waals surface area (Å²) >= 11 is 0. The van der Waals surface area contributed by atoms with E-state index in [0.29, 0.717) is 18.4 Å². The summed E-state index contributed by atoms with van der Waals surface area (Å²) in [4.78, 5) is 10.6. The maximum Gasteiger partial charge on any atom is 0.573 e. The van der Waals surface area contributed by atoms with Gasteiger partial charge in [-0.2, -0.15) is 0 Å². The van der Waals surface area contributed by atoms with Gasteiger partial charge in [-0.3, -0.25) is 4.79 Å². The SMILES string of the molecule is CCc1cc(-c2ccc(OC(F)(F)F)cc2)cc(CNC=O)c1CO. The highest BCUT2D eigenvalue weighted by atomic mass is 19.4. The van der Waals surface area contributed by atoms with Gasteiger partial charge in [0.1, 0.15) is 5.75 Å². The van der Waals surface area contributed by atoms with Gasteiger partial charge in [-0.25, -0.2) is 0 Å². The largest absolute Gasteiger partial charge is 0.573 e. The van der Waals surface area contributed by atoms with Crippen LogP contribution in [-0.2, 0) is 24.4 Å². The van der Waals surface area contributed by atoms with Crippen molar-refractivity contribution in [3.05, 3.63) is 53.1 Å². The van der Waals surface area contributed by atoms with E-state index in [2.05, 4.69) is 10.1 Å². The second-order valence-electron chi connectivity index (χ2n) is 5.36. The molecule has 0 bridgehead atoms. The third-order valence-corrected chi connectivity index (χ3v) is 3.77. The highest BCUT2D eigenvalue weighted by molar-refractivity contribution is 5.67. The second kappa shape index (κ2) is 8.02. The summed E-state index contributed by atoms with van der Waals surface area (Å²) in [7, 11) is 0. The van der Waals surface area contributed by atoms with Crippen LogP contribution in [-0.4, -0.2) is 17.9 Å². The number of halogens is 3. The lowest BCUT2D eigenvalue weighted by atomic mass is 9.93. The van der Waals surface area contributed by atoms with E-state index in [-0.39, 0.29) is 18.9 Å². The fourth-order valence-corrected chi connectivity index (χ4v) is 2.64. The fraction of sp³-hybridized carbons (Fsp3) is 0.278. The Morgan fingerprint density at radius 2 is 1.76 bits per heavy atom. The van der Waals surface area contributed by atoms with Gasteiger partial charge in [-0.15, -0.1) is 13.2 Å². The molecule has 2 aromatic rings. The molecular weight excluding hydrogens is 335 g/mol. The molecular formula is C18H18F3NO3. The van der Waals surface area contributed by atoms with E-state index >= 15 is 0 Å². The maximum absolute atomic E-state index is 12.2. The smallest absolute Gasteiger partial charge is 0.406 e. The van der Waals surface area contributed by atoms with Crippen molar-refractivity contribution in [1.82, 2.24) is 5.32 Å². The van der Waals surface area contributed by atoms with Crippen LogP contribution >= 0.6 is 0 Å². The van der Waals surface area contributed by atoms with Gasteiger partial charge in [-0.1, -0.05) is 25.1 Å². The zero-order valence-electron chi connectivity index (χ0n) is 13.6. The standard InChI is InChI=1S/C18H18F3NO3/c1-2-12-7-14(8-15(9-22-11-24)17(12)10-23)13-3-5-16(6-4-13)25-18(19,20)21/h3-8,11,23H,2,9-10H2,1H3,(H,22,24). The molecule has 1 amide bonds. The number of amides is 1. The summed E-state index contributed by atoms with van der Waals surface area (Å²) in [5.41, 5.74) is 3.92. The van der Waals surface area contributed by atoms with E-state index in [1.54, 1.807) is 6.07 Å². The molecule has 0 aliphatic rings. The van der Waals surface area contributed by atoms with E-state index in [1.165, 1.54) is 24.3 Å². The molecule has 4 nitrogen and oxygen atoms in total. The van der Waals surface area contributed by atoms with Crippen molar-refractivity contribution in [3.8, 4) is 16.9 Å². The minimum absolute atomic E-state index is 0.155. The van der Waals surface area contributed by atoms with Crippen molar-refractivity contribution in [1.29, 1.82) is 0 Å². The van der Waals surface area contributed by atoms with Crippen LogP contribution in [0.15, 0.2) is 36.4 Å². The van der Waals surface area contributed by atoms with Gasteiger partial charge in [0.05, 0.1) is 6.61 Å². The molecule has 0 aliphatic heterocycles. The maximum atomic E-state index is 12.2. The normalized spacial score (nSPS) is 11.2. The molecule has 0 aliphatic carbocycles. The van der Waals surface area contributed by atoms with Gasteiger partial charge in [0.15, 0.2) is 0 Å². The fourth-order valence-electron chi connectivity index (χ4n) is 2.64. The number of aliphatic hydroxyl groups is 1. The number of carbonyl (C=O) groups is 1. The van der Waals surface area contributed by atoms with Crippen LogP contribution in [0.5, 0.6) is 5.75 Å². The Bertz CT molecular complexity index is 728. The monoisotopic (exact) mass is 353 g/mol. The van der Waals surface area contributed by atoms with Crippen molar-refractivity contribution in [2.45, 2.75) is 32.9 Å². The summed E-state index contributed by atoms with van der Waals surface area (Å²) in [6.07, 6.45) is -3.48. The number of rotatable bonds is 7. The molecule has 0 spiro atoms. The first-order chi connectivity index (χ1) is 11.9. The molecule has 0 saturated carbocycles. The van der Waals surface area contributed by atoms with E-state index in [9.17, 15) is 23.1 Å². The Balaban J connectivity index is 2.39. The Morgan fingerprint density at radius 1 is 1.12 bits per heavy atom. The molecule has 0 fully saturated rings. The molecule has 0 atom stereocenters. The van der Waals surface area contributed by atoms with Crippen LogP contribution in [0.25, 0.3) is 11.1 Å². The first-order valence-electron chi connectivity index (χ1n) is 7.66. The van der Waals surface area contributed by atoms with Crippen molar-refractivity contribution >= 4 is 6.41 Å². The zero-order valence-corrected chi connectivity index (χ0v) is 13.6. The zero-order chi connectivity index (χ0) is 18.4. The number of nitrogens with one attached hydrogen (secondary N) is 1. The first-order valence-corrected chi connectivity index (χ1v) is 7.66. The number of aryl methyl sites for hydroxylation is 1. The highest BCUT2D eigenvalue weighted by Gasteiger charge is 2.30. The van der Waals surface area contributed by atoms with Crippen LogP contribution < -0.4 is 10.1 Å². The Kier molecular flexibility index (Phi) is 6.03. The number of benzene rings is 2. The quantitative estimate of drug-likeness (QED) is 0.749. The van der Waals surface area contributed by atoms with Crippen LogP contribution in [0.3, 0.4) is 0 Å². The molecule has 0 saturated heterocycles. The highest BCUT2D eigenvalue weighted by Crippen LogP contribution is 2.29. The van der Waals surface area contributed by atoms with Crippen molar-refractivity contribution in [3.63, 3.8) is 0 Å². The number of hydrogen-bond donors (Lipinski definition) is 2. The minimum atomic E-state index is -4.73. The molecule has 2 rings (SSSR count). The number of ether oxygens (including phenoxy) is 1. The van der Waals surface area contributed by atoms with Crippen molar-refractivity contribution in [2.24, 2.45) is 0 Å². The van der Waals surface area contributed by atoms with Gasteiger partial charge in [0.25, 0.3) is 0 Å². The van der Waals surface area contributed by atoms with Crippen LogP contribution in [0, 0.1) is 0 Å². The summed E-state index contributed by atoms with van der Waals surface area (Å²) in [6, 6.07) is 9.25. The van der Waals surface area contributed by atoms with E-state index in [1.807, 2.05) is 13.0 Å². The van der Waals surface area contributed by atoms with Gasteiger partial charge >= 0.3 is 6.36 Å². The van der Waals surface area contributed by atoms with Gasteiger partial charge in [0.2, 0.25) is 6.41 Å². The summed E-state index contributed by atoms with van der Waals surface area (Å²) < 4.78 is 40.6. The van der Waals surface area contributed by atoms with Crippen LogP contribution in [0.1, 0.15) is 23.6 Å². The van der Waals surface area contributed by atoms with Gasteiger partial charge < -0.3 is 15.2 Å². The van der Waals surface area contributed by atoms with E-state index in [0.717, 1.165) is 22.3 Å². The van der Waals surface area contributed by atoms with Crippen molar-refractivity contribution in [2.75, 3.05) is 0 Å². The molecule has 0 heterocycles. The number of hydrogen-bond acceptors (Lipinski definition) is 3. The second-order valence-corrected chi connectivity index (χ2v) is 5.36. The van der Waals surface area contributed by atoms with Crippen molar-refractivity contribution < 1.29 is 27.8 Å². The third kappa shape index (κ3) is 4.96. The molecule has 0 radical (unpaired) electrons. The van der Waals surface area contributed by atoms with E-state index < -0.39 is 6.36 Å². The number of alkyl halides is 3. The molecule has 7 heteroatoms. The van der Waals surface area contributed by atoms with Crippen LogP contribution in [0.4, 0.5) is 13.2 Å². The summed E-state index contributed by atoms with van der Waals surface area (Å²) in [5, 5.41) is 12.2. The molecule has 2 N–H and O–H groups in total. The average Bonchev–Trinajstić information content (AvgIpc) is 2.58. The summed E-state index contributed by atoms with van der Waals surface area (Å²) in [5.74, 6) is -0.290. The third-order valence-electron chi connectivity index (χ3n) is 3.77. The lowest BCUT2D eigenvalue weighted by molar-refractivity contribution is -0.274. The van der Waals surface area contributed by atoms with E-state index in [4.69, 9.17) is 0 Å². The predicted molar refractivity (Wildman–Crippen MR) is 86.8 cm³/mol. The molecule has 134 valence electrons. The summed E-state index contributed by atoms with van der Waals surface area (Å²) in [6.45, 7) is 2.04. The molecule has 0 unspecified atom stereocenters. The lowest BCUT2D eigenvalue weighted by Crippen LogP contribution is -2.16. The Morgan fingerprint density at radius 3 is 2.28 bits per heavy atom. The minimum Gasteiger partial charge on any atom is -0.406 e. The van der Waals surface area contributed by atoms with Gasteiger partial charge in [0, 0.05) is 6.54 Å². The predicted octanol–water partition coefficient (Wildman–Crippen LogP) is 3.55. The Labute approximate surface area is 143 Å². The number of carbonyl (C=O) groups excluding carboxylic acids is 1.